The van der Waals surface area contributed by atoms with Crippen LogP contribution in [-0.2, 0) is 4.79 Å². The number of likely N-dealkylation sites (N-methyl/N-ethyl adjacent to an activating group) is 1. The largest absolute Gasteiger partial charge is 0.478 e. The minimum Gasteiger partial charge on any atom is -0.478 e. The molecule has 1 rings (SSSR count). The molecule has 0 aliphatic carbocycles. The number of aromatic carboxylic acids is 1. The third kappa shape index (κ3) is 3.25. The number of nitrogens with one attached hydrogen (secondary N) is 2. The van der Waals surface area contributed by atoms with Gasteiger partial charge in [-0.1, -0.05) is 0 Å². The smallest absolute Gasteiger partial charge is 0.337 e. The number of carboxylic acids is 1. The van der Waals surface area contributed by atoms with Gasteiger partial charge in [-0.05, 0) is 27.0 Å². The second-order valence-corrected chi connectivity index (χ2v) is 4.10. The van der Waals surface area contributed by atoms with Gasteiger partial charge in [-0.2, -0.15) is 0 Å². The molecule has 6 heteroatoms. The first kappa shape index (κ1) is 13.1. The number of rotatable bonds is 4. The fraction of sp³-hybridized carbons (Fsp3) is 0.364. The summed E-state index contributed by atoms with van der Waals surface area (Å²) in [6, 6.07) is 1.36. The van der Waals surface area contributed by atoms with Crippen molar-refractivity contribution in [3.05, 3.63) is 24.0 Å². The molecule has 6 nitrogen and oxygen atoms in total. The molecule has 17 heavy (non-hydrogen) atoms. The van der Waals surface area contributed by atoms with Gasteiger partial charge in [0.1, 0.15) is 0 Å². The van der Waals surface area contributed by atoms with Crippen LogP contribution in [0.1, 0.15) is 24.2 Å². The van der Waals surface area contributed by atoms with Gasteiger partial charge in [0.15, 0.2) is 0 Å². The number of carbonyl (C=O) groups is 2. The summed E-state index contributed by atoms with van der Waals surface area (Å²) >= 11 is 0. The molecule has 0 spiro atoms. The van der Waals surface area contributed by atoms with E-state index in [4.69, 9.17) is 5.11 Å². The molecule has 0 saturated carbocycles. The summed E-state index contributed by atoms with van der Waals surface area (Å²) in [6.45, 7) is 3.44. The highest BCUT2D eigenvalue weighted by Crippen LogP contribution is 2.11. The molecule has 1 aromatic heterocycles. The number of pyridine rings is 1. The van der Waals surface area contributed by atoms with Crippen molar-refractivity contribution >= 4 is 17.6 Å². The average molecular weight is 237 g/mol. The SMILES string of the molecule is CNC(C)(C)C(=O)Nc1cncc(C(=O)O)c1. The fourth-order valence-corrected chi connectivity index (χ4v) is 1.03. The van der Waals surface area contributed by atoms with Gasteiger partial charge in [-0.3, -0.25) is 9.78 Å². The van der Waals surface area contributed by atoms with Crippen molar-refractivity contribution < 1.29 is 14.7 Å². The number of nitrogens with zero attached hydrogens (tertiary/aromatic N) is 1. The van der Waals surface area contributed by atoms with E-state index in [1.54, 1.807) is 20.9 Å². The van der Waals surface area contributed by atoms with Crippen LogP contribution in [0.15, 0.2) is 18.5 Å². The predicted octanol–water partition coefficient (Wildman–Crippen LogP) is 0.716. The van der Waals surface area contributed by atoms with Crippen LogP contribution in [-0.4, -0.2) is 34.6 Å². The molecular formula is C11H15N3O3. The Morgan fingerprint density at radius 2 is 2.00 bits per heavy atom. The summed E-state index contributed by atoms with van der Waals surface area (Å²) in [5.41, 5.74) is -0.345. The molecule has 1 amide bonds. The lowest BCUT2D eigenvalue weighted by Crippen LogP contribution is -2.47. The van der Waals surface area contributed by atoms with Gasteiger partial charge in [0.2, 0.25) is 5.91 Å². The lowest BCUT2D eigenvalue weighted by molar-refractivity contribution is -0.121. The minimum absolute atomic E-state index is 0.0325. The predicted molar refractivity (Wildman–Crippen MR) is 63.0 cm³/mol. The number of amides is 1. The second-order valence-electron chi connectivity index (χ2n) is 4.10. The van der Waals surface area contributed by atoms with Gasteiger partial charge < -0.3 is 15.7 Å². The zero-order chi connectivity index (χ0) is 13.1. The average Bonchev–Trinajstić information content (AvgIpc) is 2.29. The van der Waals surface area contributed by atoms with Crippen LogP contribution in [0, 0.1) is 0 Å². The molecule has 1 aromatic rings. The third-order valence-corrected chi connectivity index (χ3v) is 2.44. The Balaban J connectivity index is 2.86. The topological polar surface area (TPSA) is 91.3 Å². The first-order valence-electron chi connectivity index (χ1n) is 5.05. The van der Waals surface area contributed by atoms with E-state index in [0.717, 1.165) is 0 Å². The van der Waals surface area contributed by atoms with E-state index in [2.05, 4.69) is 15.6 Å². The van der Waals surface area contributed by atoms with Gasteiger partial charge in [0, 0.05) is 6.20 Å². The first-order valence-corrected chi connectivity index (χ1v) is 5.05. The number of carboxylic acid groups (broad SMARTS) is 1. The standard InChI is InChI=1S/C11H15N3O3/c1-11(2,12-3)10(17)14-8-4-7(9(15)16)5-13-6-8/h4-6,12H,1-3H3,(H,14,17)(H,15,16). The molecule has 3 N–H and O–H groups in total. The minimum atomic E-state index is -1.08. The highest BCUT2D eigenvalue weighted by Gasteiger charge is 2.25. The van der Waals surface area contributed by atoms with Crippen LogP contribution in [0.5, 0.6) is 0 Å². The number of carbonyl (C=O) groups excluding carboxylic acids is 1. The lowest BCUT2D eigenvalue weighted by Gasteiger charge is -2.22. The molecule has 0 aliphatic rings. The fourth-order valence-electron chi connectivity index (χ4n) is 1.03. The highest BCUT2D eigenvalue weighted by atomic mass is 16.4. The maximum Gasteiger partial charge on any atom is 0.337 e. The molecule has 0 aliphatic heterocycles. The Kier molecular flexibility index (Phi) is 3.80. The van der Waals surface area contributed by atoms with E-state index in [0.29, 0.717) is 5.69 Å². The summed E-state index contributed by atoms with van der Waals surface area (Å²) in [5.74, 6) is -1.34. The Labute approximate surface area is 99.1 Å². The lowest BCUT2D eigenvalue weighted by atomic mass is 10.1. The second kappa shape index (κ2) is 4.92. The van der Waals surface area contributed by atoms with E-state index < -0.39 is 11.5 Å². The van der Waals surface area contributed by atoms with Crippen molar-refractivity contribution in [1.82, 2.24) is 10.3 Å². The van der Waals surface area contributed by atoms with Crippen LogP contribution < -0.4 is 10.6 Å². The van der Waals surface area contributed by atoms with Crippen molar-refractivity contribution in [1.29, 1.82) is 0 Å². The van der Waals surface area contributed by atoms with Gasteiger partial charge in [0.25, 0.3) is 0 Å². The molecular weight excluding hydrogens is 222 g/mol. The summed E-state index contributed by atoms with van der Waals surface area (Å²) in [4.78, 5) is 26.3. The van der Waals surface area contributed by atoms with Crippen LogP contribution in [0.2, 0.25) is 0 Å². The number of anilines is 1. The monoisotopic (exact) mass is 237 g/mol. The third-order valence-electron chi connectivity index (χ3n) is 2.44. The molecule has 0 atom stereocenters. The number of hydrogen-bond donors (Lipinski definition) is 3. The maximum atomic E-state index is 11.8. The number of hydrogen-bond acceptors (Lipinski definition) is 4. The summed E-state index contributed by atoms with van der Waals surface area (Å²) in [5, 5.41) is 14.2. The zero-order valence-corrected chi connectivity index (χ0v) is 9.94. The normalized spacial score (nSPS) is 11.0. The van der Waals surface area contributed by atoms with E-state index in [1.807, 2.05) is 0 Å². The van der Waals surface area contributed by atoms with Crippen LogP contribution in [0.25, 0.3) is 0 Å². The van der Waals surface area contributed by atoms with Crippen LogP contribution in [0.4, 0.5) is 5.69 Å². The van der Waals surface area contributed by atoms with Gasteiger partial charge >= 0.3 is 5.97 Å². The van der Waals surface area contributed by atoms with E-state index in [1.165, 1.54) is 18.5 Å². The van der Waals surface area contributed by atoms with E-state index in [9.17, 15) is 9.59 Å². The molecule has 0 bridgehead atoms. The Hall–Kier alpha value is -1.95. The molecule has 92 valence electrons. The van der Waals surface area contributed by atoms with E-state index in [-0.39, 0.29) is 11.5 Å². The number of aromatic nitrogens is 1. The summed E-state index contributed by atoms with van der Waals surface area (Å²) in [6.07, 6.45) is 2.62. The van der Waals surface area contributed by atoms with Gasteiger partial charge in [-0.25, -0.2) is 4.79 Å². The van der Waals surface area contributed by atoms with Crippen molar-refractivity contribution in [3.8, 4) is 0 Å². The van der Waals surface area contributed by atoms with Gasteiger partial charge in [-0.15, -0.1) is 0 Å². The summed E-state index contributed by atoms with van der Waals surface area (Å²) < 4.78 is 0. The molecule has 0 saturated heterocycles. The zero-order valence-electron chi connectivity index (χ0n) is 9.94. The first-order chi connectivity index (χ1) is 7.86. The van der Waals surface area contributed by atoms with Crippen molar-refractivity contribution in [2.75, 3.05) is 12.4 Å². The Bertz CT molecular complexity index is 443. The molecule has 0 aromatic carbocycles. The van der Waals surface area contributed by atoms with Crippen LogP contribution >= 0.6 is 0 Å². The maximum absolute atomic E-state index is 11.8. The van der Waals surface area contributed by atoms with Crippen LogP contribution in [0.3, 0.4) is 0 Å². The molecule has 0 unspecified atom stereocenters. The Morgan fingerprint density at radius 1 is 1.35 bits per heavy atom. The van der Waals surface area contributed by atoms with Crippen molar-refractivity contribution in [2.45, 2.75) is 19.4 Å². The molecule has 1 heterocycles. The van der Waals surface area contributed by atoms with Crippen molar-refractivity contribution in [3.63, 3.8) is 0 Å². The Morgan fingerprint density at radius 3 is 2.53 bits per heavy atom. The molecule has 0 fully saturated rings. The molecule has 0 radical (unpaired) electrons. The quantitative estimate of drug-likeness (QED) is 0.717. The highest BCUT2D eigenvalue weighted by molar-refractivity contribution is 5.98. The van der Waals surface area contributed by atoms with Gasteiger partial charge in [0.05, 0.1) is 23.0 Å². The van der Waals surface area contributed by atoms with E-state index >= 15 is 0 Å². The van der Waals surface area contributed by atoms with Crippen molar-refractivity contribution in [2.24, 2.45) is 0 Å². The summed E-state index contributed by atoms with van der Waals surface area (Å²) in [7, 11) is 1.67.